The van der Waals surface area contributed by atoms with E-state index in [0.29, 0.717) is 21.2 Å². The summed E-state index contributed by atoms with van der Waals surface area (Å²) in [4.78, 5) is 53.0. The second-order valence-electron chi connectivity index (χ2n) is 7.83. The number of hydrogen-bond acceptors (Lipinski definition) is 5. The highest BCUT2D eigenvalue weighted by Gasteiger charge is 2.47. The number of nitrogens with one attached hydrogen (secondary N) is 1. The number of rotatable bonds is 7. The first kappa shape index (κ1) is 27.2. The molecular formula is C25H15Cl5N2O5. The first-order valence-electron chi connectivity index (χ1n) is 10.6. The maximum Gasteiger partial charge on any atom is 0.330 e. The van der Waals surface area contributed by atoms with Gasteiger partial charge in [0.15, 0.2) is 6.61 Å². The van der Waals surface area contributed by atoms with Crippen molar-refractivity contribution in [1.29, 1.82) is 0 Å². The quantitative estimate of drug-likeness (QED) is 0.148. The lowest BCUT2D eigenvalue weighted by atomic mass is 10.0. The molecule has 0 aliphatic carbocycles. The fourth-order valence-corrected chi connectivity index (χ4v) is 4.95. The minimum Gasteiger partial charge on any atom is -0.454 e. The van der Waals surface area contributed by atoms with E-state index in [2.05, 4.69) is 5.32 Å². The van der Waals surface area contributed by atoms with E-state index in [1.807, 2.05) is 0 Å². The van der Waals surface area contributed by atoms with Gasteiger partial charge in [-0.2, -0.15) is 0 Å². The van der Waals surface area contributed by atoms with Crippen LogP contribution < -0.4 is 5.32 Å². The van der Waals surface area contributed by atoms with E-state index in [0.717, 1.165) is 0 Å². The smallest absolute Gasteiger partial charge is 0.330 e. The fraction of sp³-hybridized carbons (Fsp3) is 0.120. The summed E-state index contributed by atoms with van der Waals surface area (Å²) >= 11 is 30.7. The standard InChI is InChI=1S/C25H15Cl5N2O5/c26-13-8-4-5-9-14(13)31-16(33)11-37-25(36)15(10-12-6-2-1-3-7-12)32-23(34)17-18(24(32)35)20(28)22(30)21(29)19(17)27/h1-9,15H,10-11H2,(H,31,33). The van der Waals surface area contributed by atoms with Crippen molar-refractivity contribution in [3.05, 3.63) is 96.4 Å². The first-order valence-corrected chi connectivity index (χ1v) is 12.5. The van der Waals surface area contributed by atoms with Gasteiger partial charge >= 0.3 is 5.97 Å². The van der Waals surface area contributed by atoms with Crippen LogP contribution in [0.15, 0.2) is 54.6 Å². The molecule has 0 aromatic heterocycles. The van der Waals surface area contributed by atoms with E-state index in [4.69, 9.17) is 62.7 Å². The molecule has 3 aromatic carbocycles. The van der Waals surface area contributed by atoms with Crippen LogP contribution in [0.5, 0.6) is 0 Å². The number of amides is 3. The van der Waals surface area contributed by atoms with Crippen molar-refractivity contribution in [2.24, 2.45) is 0 Å². The van der Waals surface area contributed by atoms with Gasteiger partial charge in [0.25, 0.3) is 17.7 Å². The van der Waals surface area contributed by atoms with E-state index >= 15 is 0 Å². The zero-order valence-electron chi connectivity index (χ0n) is 18.6. The highest BCUT2D eigenvalue weighted by Crippen LogP contribution is 2.45. The number of anilines is 1. The van der Waals surface area contributed by atoms with Gasteiger partial charge in [0.2, 0.25) is 0 Å². The van der Waals surface area contributed by atoms with Crippen LogP contribution in [0.4, 0.5) is 5.69 Å². The summed E-state index contributed by atoms with van der Waals surface area (Å²) in [5.41, 5.74) is 0.404. The molecule has 7 nitrogen and oxygen atoms in total. The predicted molar refractivity (Wildman–Crippen MR) is 142 cm³/mol. The summed E-state index contributed by atoms with van der Waals surface area (Å²) in [7, 11) is 0. The molecule has 4 rings (SSSR count). The molecule has 1 unspecified atom stereocenters. The topological polar surface area (TPSA) is 92.8 Å². The summed E-state index contributed by atoms with van der Waals surface area (Å²) < 4.78 is 5.21. The Balaban J connectivity index is 1.62. The molecule has 37 heavy (non-hydrogen) atoms. The van der Waals surface area contributed by atoms with E-state index in [-0.39, 0.29) is 37.6 Å². The van der Waals surface area contributed by atoms with Gasteiger partial charge in [0.05, 0.1) is 41.9 Å². The van der Waals surface area contributed by atoms with E-state index in [1.54, 1.807) is 54.6 Å². The number of nitrogens with zero attached hydrogens (tertiary/aromatic N) is 1. The van der Waals surface area contributed by atoms with Gasteiger partial charge in [-0.05, 0) is 17.7 Å². The molecule has 1 heterocycles. The summed E-state index contributed by atoms with van der Waals surface area (Å²) in [6.07, 6.45) is -0.103. The van der Waals surface area contributed by atoms with Crippen LogP contribution in [0.3, 0.4) is 0 Å². The van der Waals surface area contributed by atoms with Crippen LogP contribution in [-0.2, 0) is 20.7 Å². The number of fused-ring (bicyclic) bond motifs is 1. The van der Waals surface area contributed by atoms with Gasteiger partial charge in [-0.1, -0.05) is 100 Å². The Hall–Kier alpha value is -2.81. The van der Waals surface area contributed by atoms with Crippen molar-refractivity contribution in [3.63, 3.8) is 0 Å². The van der Waals surface area contributed by atoms with Crippen molar-refractivity contribution < 1.29 is 23.9 Å². The minimum absolute atomic E-state index is 0.103. The van der Waals surface area contributed by atoms with Gasteiger partial charge < -0.3 is 10.1 Å². The molecule has 1 atom stereocenters. The van der Waals surface area contributed by atoms with Crippen LogP contribution in [0, 0.1) is 0 Å². The van der Waals surface area contributed by atoms with Gasteiger partial charge in [0.1, 0.15) is 6.04 Å². The molecule has 12 heteroatoms. The third-order valence-electron chi connectivity index (χ3n) is 5.48. The van der Waals surface area contributed by atoms with Crippen LogP contribution in [0.2, 0.25) is 25.1 Å². The second kappa shape index (κ2) is 11.3. The lowest BCUT2D eigenvalue weighted by Gasteiger charge is -2.24. The average molecular weight is 601 g/mol. The van der Waals surface area contributed by atoms with E-state index in [1.165, 1.54) is 0 Å². The third kappa shape index (κ3) is 5.42. The first-order chi connectivity index (χ1) is 17.6. The van der Waals surface area contributed by atoms with Crippen LogP contribution in [0.25, 0.3) is 0 Å². The maximum atomic E-state index is 13.4. The highest BCUT2D eigenvalue weighted by molar-refractivity contribution is 6.55. The van der Waals surface area contributed by atoms with Crippen molar-refractivity contribution in [1.82, 2.24) is 4.90 Å². The number of halogens is 5. The summed E-state index contributed by atoms with van der Waals surface area (Å²) in [6.45, 7) is -0.697. The Labute approximate surface area is 236 Å². The lowest BCUT2D eigenvalue weighted by molar-refractivity contribution is -0.151. The van der Waals surface area contributed by atoms with Crippen molar-refractivity contribution in [3.8, 4) is 0 Å². The zero-order valence-corrected chi connectivity index (χ0v) is 22.3. The number of carbonyl (C=O) groups excluding carboxylic acids is 4. The van der Waals surface area contributed by atoms with Gasteiger partial charge in [0, 0.05) is 6.42 Å². The molecule has 0 radical (unpaired) electrons. The molecule has 0 saturated heterocycles. The Morgan fingerprint density at radius 3 is 1.89 bits per heavy atom. The van der Waals surface area contributed by atoms with Gasteiger partial charge in [-0.25, -0.2) is 4.79 Å². The normalized spacial score (nSPS) is 13.4. The number of esters is 1. The molecule has 3 amide bonds. The molecule has 3 aromatic rings. The fourth-order valence-electron chi connectivity index (χ4n) is 3.75. The van der Waals surface area contributed by atoms with Crippen molar-refractivity contribution in [2.75, 3.05) is 11.9 Å². The number of benzene rings is 3. The zero-order chi connectivity index (χ0) is 26.9. The van der Waals surface area contributed by atoms with E-state index in [9.17, 15) is 19.2 Å². The molecule has 0 spiro atoms. The number of ether oxygens (including phenoxy) is 1. The number of imide groups is 1. The van der Waals surface area contributed by atoms with Crippen LogP contribution in [0.1, 0.15) is 26.3 Å². The van der Waals surface area contributed by atoms with Gasteiger partial charge in [-0.15, -0.1) is 0 Å². The molecule has 1 aliphatic rings. The molecular weight excluding hydrogens is 586 g/mol. The molecule has 1 N–H and O–H groups in total. The largest absolute Gasteiger partial charge is 0.454 e. The number of para-hydroxylation sites is 1. The number of hydrogen-bond donors (Lipinski definition) is 1. The van der Waals surface area contributed by atoms with Crippen LogP contribution in [-0.4, -0.2) is 41.2 Å². The van der Waals surface area contributed by atoms with Gasteiger partial charge in [-0.3, -0.25) is 19.3 Å². The SMILES string of the molecule is O=C(COC(=O)C(Cc1ccccc1)N1C(=O)c2c(Cl)c(Cl)c(Cl)c(Cl)c2C1=O)Nc1ccccc1Cl. The average Bonchev–Trinajstić information content (AvgIpc) is 3.15. The molecule has 190 valence electrons. The van der Waals surface area contributed by atoms with Crippen molar-refractivity contribution in [2.45, 2.75) is 12.5 Å². The molecule has 1 aliphatic heterocycles. The predicted octanol–water partition coefficient (Wildman–Crippen LogP) is 6.34. The Kier molecular flexibility index (Phi) is 8.31. The maximum absolute atomic E-state index is 13.4. The second-order valence-corrected chi connectivity index (χ2v) is 9.75. The molecule has 0 saturated carbocycles. The van der Waals surface area contributed by atoms with E-state index < -0.39 is 36.3 Å². The lowest BCUT2D eigenvalue weighted by Crippen LogP contribution is -2.47. The monoisotopic (exact) mass is 598 g/mol. The number of carbonyl (C=O) groups is 4. The Morgan fingerprint density at radius 2 is 1.32 bits per heavy atom. The highest BCUT2D eigenvalue weighted by atomic mass is 35.5. The Morgan fingerprint density at radius 1 is 0.784 bits per heavy atom. The summed E-state index contributed by atoms with van der Waals surface area (Å²) in [5.74, 6) is -3.48. The van der Waals surface area contributed by atoms with Crippen molar-refractivity contribution >= 4 is 87.4 Å². The Bertz CT molecular complexity index is 1380. The molecule has 0 bridgehead atoms. The minimum atomic E-state index is -1.45. The third-order valence-corrected chi connectivity index (χ3v) is 7.61. The molecule has 0 fully saturated rings. The summed E-state index contributed by atoms with van der Waals surface area (Å²) in [5, 5.41) is 1.88. The summed E-state index contributed by atoms with van der Waals surface area (Å²) in [6, 6.07) is 13.7. The van der Waals surface area contributed by atoms with Crippen LogP contribution >= 0.6 is 58.0 Å².